The van der Waals surface area contributed by atoms with Crippen LogP contribution in [0.2, 0.25) is 0 Å². The largest absolute Gasteiger partial charge is 0.321 e. The maximum Gasteiger partial charge on any atom is 0.137 e. The summed E-state index contributed by atoms with van der Waals surface area (Å²) >= 11 is 0. The Hall–Kier alpha value is -0.370. The molecule has 2 heteroatoms. The molecule has 46 valence electrons. The van der Waals surface area contributed by atoms with E-state index in [0.717, 1.165) is 19.1 Å². The van der Waals surface area contributed by atoms with E-state index in [1.54, 1.807) is 0 Å². The number of carbonyl (C=O) groups is 1. The highest BCUT2D eigenvalue weighted by Crippen LogP contribution is 2.46. The number of aldehydes is 1. The molecule has 0 aromatic heterocycles. The van der Waals surface area contributed by atoms with Crippen LogP contribution in [0.3, 0.4) is 0 Å². The first-order valence-electron chi connectivity index (χ1n) is 2.90. The van der Waals surface area contributed by atoms with E-state index in [2.05, 4.69) is 0 Å². The van der Waals surface area contributed by atoms with E-state index >= 15 is 0 Å². The number of rotatable bonds is 2. The van der Waals surface area contributed by atoms with Gasteiger partial charge in [0.2, 0.25) is 0 Å². The van der Waals surface area contributed by atoms with E-state index in [-0.39, 0.29) is 11.5 Å². The van der Waals surface area contributed by atoms with Gasteiger partial charge in [0.15, 0.2) is 0 Å². The zero-order chi connectivity index (χ0) is 6.20. The second-order valence-electron chi connectivity index (χ2n) is 2.82. The molecule has 1 aliphatic carbocycles. The molecule has 0 aromatic rings. The monoisotopic (exact) mass is 113 g/mol. The normalized spacial score (nSPS) is 26.8. The number of carbonyl (C=O) groups excluding carboxylic acids is 1. The minimum absolute atomic E-state index is 0.168. The van der Waals surface area contributed by atoms with Crippen LogP contribution in [-0.4, -0.2) is 12.3 Å². The molecular weight excluding hydrogens is 102 g/mol. The quantitative estimate of drug-likeness (QED) is 0.524. The number of hydrogen-bond donors (Lipinski definition) is 1. The highest BCUT2D eigenvalue weighted by Gasteiger charge is 2.42. The standard InChI is InChI=1S/C6H11NO/c1-6(2-3-6)5(7)4-8/h4-5H,2-3,7H2,1H3/t5-/m1/s1. The summed E-state index contributed by atoms with van der Waals surface area (Å²) in [4.78, 5) is 10.1. The van der Waals surface area contributed by atoms with Crippen molar-refractivity contribution in [1.82, 2.24) is 0 Å². The topological polar surface area (TPSA) is 43.1 Å². The maximum absolute atomic E-state index is 10.1. The molecule has 0 heterocycles. The Kier molecular flexibility index (Phi) is 1.12. The summed E-state index contributed by atoms with van der Waals surface area (Å²) in [5.74, 6) is 0. The molecule has 0 aliphatic heterocycles. The van der Waals surface area contributed by atoms with Crippen LogP contribution in [0.4, 0.5) is 0 Å². The second kappa shape index (κ2) is 1.55. The van der Waals surface area contributed by atoms with Crippen LogP contribution in [0.25, 0.3) is 0 Å². The molecule has 8 heavy (non-hydrogen) atoms. The van der Waals surface area contributed by atoms with Gasteiger partial charge in [-0.2, -0.15) is 0 Å². The van der Waals surface area contributed by atoms with Crippen molar-refractivity contribution in [2.45, 2.75) is 25.8 Å². The molecule has 1 rings (SSSR count). The molecule has 1 atom stereocenters. The Balaban J connectivity index is 2.45. The zero-order valence-electron chi connectivity index (χ0n) is 5.05. The lowest BCUT2D eigenvalue weighted by atomic mass is 10.0. The smallest absolute Gasteiger partial charge is 0.137 e. The van der Waals surface area contributed by atoms with E-state index < -0.39 is 0 Å². The molecule has 0 amide bonds. The average molecular weight is 113 g/mol. The van der Waals surface area contributed by atoms with Gasteiger partial charge in [-0.15, -0.1) is 0 Å². The first-order chi connectivity index (χ1) is 3.69. The Bertz CT molecular complexity index is 107. The molecule has 0 unspecified atom stereocenters. The minimum Gasteiger partial charge on any atom is -0.321 e. The van der Waals surface area contributed by atoms with E-state index in [9.17, 15) is 4.79 Å². The van der Waals surface area contributed by atoms with Crippen LogP contribution >= 0.6 is 0 Å². The lowest BCUT2D eigenvalue weighted by Crippen LogP contribution is -2.30. The van der Waals surface area contributed by atoms with E-state index in [0.29, 0.717) is 0 Å². The van der Waals surface area contributed by atoms with E-state index in [1.165, 1.54) is 0 Å². The predicted octanol–water partition coefficient (Wildman–Crippen LogP) is 0.313. The van der Waals surface area contributed by atoms with Crippen molar-refractivity contribution in [3.8, 4) is 0 Å². The van der Waals surface area contributed by atoms with Crippen molar-refractivity contribution in [3.63, 3.8) is 0 Å². The minimum atomic E-state index is -0.220. The molecule has 1 aliphatic rings. The first-order valence-corrected chi connectivity index (χ1v) is 2.90. The SMILES string of the molecule is CC1([C@H](N)C=O)CC1. The second-order valence-corrected chi connectivity index (χ2v) is 2.82. The van der Waals surface area contributed by atoms with Crippen LogP contribution < -0.4 is 5.73 Å². The van der Waals surface area contributed by atoms with E-state index in [1.807, 2.05) is 6.92 Å². The summed E-state index contributed by atoms with van der Waals surface area (Å²) in [6.07, 6.45) is 3.08. The van der Waals surface area contributed by atoms with Gasteiger partial charge < -0.3 is 10.5 Å². The van der Waals surface area contributed by atoms with Gasteiger partial charge in [0.05, 0.1) is 6.04 Å². The Morgan fingerprint density at radius 2 is 2.25 bits per heavy atom. The van der Waals surface area contributed by atoms with Gasteiger partial charge in [0, 0.05) is 0 Å². The van der Waals surface area contributed by atoms with E-state index in [4.69, 9.17) is 5.73 Å². The molecule has 0 bridgehead atoms. The molecule has 0 spiro atoms. The highest BCUT2D eigenvalue weighted by atomic mass is 16.1. The average Bonchev–Trinajstić information content (AvgIpc) is 2.47. The fourth-order valence-corrected chi connectivity index (χ4v) is 0.695. The van der Waals surface area contributed by atoms with Crippen LogP contribution in [0.15, 0.2) is 0 Å². The van der Waals surface area contributed by atoms with Crippen molar-refractivity contribution >= 4 is 6.29 Å². The van der Waals surface area contributed by atoms with Crippen LogP contribution in [0.1, 0.15) is 19.8 Å². The predicted molar refractivity (Wildman–Crippen MR) is 31.4 cm³/mol. The molecule has 0 aromatic carbocycles. The third-order valence-electron chi connectivity index (χ3n) is 1.99. The van der Waals surface area contributed by atoms with Gasteiger partial charge in [-0.1, -0.05) is 6.92 Å². The molecule has 1 fully saturated rings. The molecule has 0 radical (unpaired) electrons. The van der Waals surface area contributed by atoms with Crippen molar-refractivity contribution in [2.24, 2.45) is 11.1 Å². The van der Waals surface area contributed by atoms with Crippen LogP contribution in [-0.2, 0) is 4.79 Å². The summed E-state index contributed by atoms with van der Waals surface area (Å²) in [6, 6.07) is -0.220. The molecule has 2 nitrogen and oxygen atoms in total. The Morgan fingerprint density at radius 3 is 2.38 bits per heavy atom. The third kappa shape index (κ3) is 0.757. The lowest BCUT2D eigenvalue weighted by molar-refractivity contribution is -0.110. The first kappa shape index (κ1) is 5.76. The summed E-state index contributed by atoms with van der Waals surface area (Å²) in [6.45, 7) is 2.05. The van der Waals surface area contributed by atoms with Crippen molar-refractivity contribution in [2.75, 3.05) is 0 Å². The Labute approximate surface area is 49.1 Å². The Morgan fingerprint density at radius 1 is 1.75 bits per heavy atom. The van der Waals surface area contributed by atoms with Gasteiger partial charge >= 0.3 is 0 Å². The van der Waals surface area contributed by atoms with Crippen LogP contribution in [0.5, 0.6) is 0 Å². The maximum atomic E-state index is 10.1. The molecular formula is C6H11NO. The van der Waals surface area contributed by atoms with Gasteiger partial charge in [0.25, 0.3) is 0 Å². The highest BCUT2D eigenvalue weighted by molar-refractivity contribution is 5.59. The number of hydrogen-bond acceptors (Lipinski definition) is 2. The molecule has 0 saturated heterocycles. The third-order valence-corrected chi connectivity index (χ3v) is 1.99. The lowest BCUT2D eigenvalue weighted by Gasteiger charge is -2.09. The zero-order valence-corrected chi connectivity index (χ0v) is 5.05. The fourth-order valence-electron chi connectivity index (χ4n) is 0.695. The van der Waals surface area contributed by atoms with Gasteiger partial charge in [-0.25, -0.2) is 0 Å². The van der Waals surface area contributed by atoms with Gasteiger partial charge in [-0.05, 0) is 18.3 Å². The van der Waals surface area contributed by atoms with Crippen molar-refractivity contribution in [1.29, 1.82) is 0 Å². The summed E-state index contributed by atoms with van der Waals surface area (Å²) in [7, 11) is 0. The summed E-state index contributed by atoms with van der Waals surface area (Å²) in [5, 5.41) is 0. The fraction of sp³-hybridized carbons (Fsp3) is 0.833. The molecule has 2 N–H and O–H groups in total. The molecule has 1 saturated carbocycles. The van der Waals surface area contributed by atoms with Crippen molar-refractivity contribution in [3.05, 3.63) is 0 Å². The summed E-state index contributed by atoms with van der Waals surface area (Å²) < 4.78 is 0. The van der Waals surface area contributed by atoms with Crippen molar-refractivity contribution < 1.29 is 4.79 Å². The van der Waals surface area contributed by atoms with Gasteiger partial charge in [0.1, 0.15) is 6.29 Å². The van der Waals surface area contributed by atoms with Crippen LogP contribution in [0, 0.1) is 5.41 Å². The van der Waals surface area contributed by atoms with Gasteiger partial charge in [-0.3, -0.25) is 0 Å². The number of nitrogens with two attached hydrogens (primary N) is 1. The summed E-state index contributed by atoms with van der Waals surface area (Å²) in [5.41, 5.74) is 5.61.